The van der Waals surface area contributed by atoms with E-state index in [-0.39, 0.29) is 12.2 Å². The molecule has 3 fully saturated rings. The van der Waals surface area contributed by atoms with Gasteiger partial charge in [0.05, 0.1) is 12.7 Å². The maximum absolute atomic E-state index is 6.26. The lowest BCUT2D eigenvalue weighted by molar-refractivity contribution is -0.0822. The van der Waals surface area contributed by atoms with Crippen LogP contribution >= 0.6 is 0 Å². The lowest BCUT2D eigenvalue weighted by Gasteiger charge is -2.34. The summed E-state index contributed by atoms with van der Waals surface area (Å²) in [6, 6.07) is 4.58. The molecule has 4 rings (SSSR count). The summed E-state index contributed by atoms with van der Waals surface area (Å²) in [4.78, 5) is 6.71. The third-order valence-electron chi connectivity index (χ3n) is 5.63. The Morgan fingerprint density at radius 2 is 1.96 bits per heavy atom. The van der Waals surface area contributed by atoms with Crippen molar-refractivity contribution in [1.82, 2.24) is 9.88 Å². The summed E-state index contributed by atoms with van der Waals surface area (Å²) in [6.45, 7) is 5.53. The lowest BCUT2D eigenvalue weighted by Crippen LogP contribution is -2.43. The van der Waals surface area contributed by atoms with Crippen molar-refractivity contribution < 1.29 is 14.2 Å². The van der Waals surface area contributed by atoms with Gasteiger partial charge >= 0.3 is 0 Å². The van der Waals surface area contributed by atoms with E-state index in [0.29, 0.717) is 12.6 Å². The number of ether oxygens (including phenoxy) is 3. The second-order valence-corrected chi connectivity index (χ2v) is 7.26. The summed E-state index contributed by atoms with van der Waals surface area (Å²) < 4.78 is 17.9. The van der Waals surface area contributed by atoms with Crippen LogP contribution in [0.15, 0.2) is 24.5 Å². The molecule has 0 saturated carbocycles. The van der Waals surface area contributed by atoms with Gasteiger partial charge in [-0.3, -0.25) is 9.88 Å². The predicted molar refractivity (Wildman–Crippen MR) is 90.7 cm³/mol. The minimum absolute atomic E-state index is 0.184. The summed E-state index contributed by atoms with van der Waals surface area (Å²) in [6.07, 6.45) is 8.86. The first kappa shape index (κ1) is 16.5. The van der Waals surface area contributed by atoms with Gasteiger partial charge in [0.2, 0.25) is 0 Å². The fourth-order valence-corrected chi connectivity index (χ4v) is 4.30. The van der Waals surface area contributed by atoms with Crippen LogP contribution in [0.5, 0.6) is 0 Å². The molecule has 0 N–H and O–H groups in total. The molecule has 5 heteroatoms. The van der Waals surface area contributed by atoms with Crippen molar-refractivity contribution in [3.05, 3.63) is 30.1 Å². The molecule has 3 aliphatic rings. The Bertz CT molecular complexity index is 507. The summed E-state index contributed by atoms with van der Waals surface area (Å²) in [5, 5.41) is 0. The molecule has 4 heterocycles. The van der Waals surface area contributed by atoms with Crippen molar-refractivity contribution >= 4 is 0 Å². The van der Waals surface area contributed by atoms with E-state index in [9.17, 15) is 0 Å². The van der Waals surface area contributed by atoms with Gasteiger partial charge in [0.15, 0.2) is 0 Å². The van der Waals surface area contributed by atoms with Crippen molar-refractivity contribution in [1.29, 1.82) is 0 Å². The molecule has 0 bridgehead atoms. The number of nitrogens with zero attached hydrogens (tertiary/aromatic N) is 2. The fourth-order valence-electron chi connectivity index (χ4n) is 4.30. The Balaban J connectivity index is 1.37. The third-order valence-corrected chi connectivity index (χ3v) is 5.63. The fraction of sp³-hybridized carbons (Fsp3) is 0.737. The molecule has 0 aliphatic carbocycles. The average Bonchev–Trinajstić information content (AvgIpc) is 3.00. The van der Waals surface area contributed by atoms with E-state index in [1.807, 2.05) is 24.5 Å². The molecule has 0 spiro atoms. The lowest BCUT2D eigenvalue weighted by atomic mass is 9.97. The van der Waals surface area contributed by atoms with Crippen LogP contribution in [0.1, 0.15) is 31.2 Å². The molecule has 1 aromatic rings. The van der Waals surface area contributed by atoms with Crippen LogP contribution in [0.4, 0.5) is 0 Å². The van der Waals surface area contributed by atoms with Gasteiger partial charge in [0, 0.05) is 51.3 Å². The minimum atomic E-state index is 0.184. The van der Waals surface area contributed by atoms with Crippen LogP contribution in [0, 0.1) is 5.92 Å². The van der Waals surface area contributed by atoms with Gasteiger partial charge in [-0.15, -0.1) is 0 Å². The zero-order chi connectivity index (χ0) is 16.2. The van der Waals surface area contributed by atoms with Crippen LogP contribution in [-0.2, 0) is 20.8 Å². The quantitative estimate of drug-likeness (QED) is 0.827. The smallest absolute Gasteiger partial charge is 0.100 e. The van der Waals surface area contributed by atoms with Gasteiger partial charge < -0.3 is 14.2 Å². The molecule has 132 valence electrons. The molecule has 3 saturated heterocycles. The molecule has 0 aromatic carbocycles. The highest BCUT2D eigenvalue weighted by Gasteiger charge is 2.45. The largest absolute Gasteiger partial charge is 0.381 e. The topological polar surface area (TPSA) is 43.8 Å². The Labute approximate surface area is 144 Å². The van der Waals surface area contributed by atoms with Crippen molar-refractivity contribution in [2.24, 2.45) is 5.92 Å². The molecular formula is C19H28N2O3. The van der Waals surface area contributed by atoms with E-state index in [4.69, 9.17) is 14.2 Å². The van der Waals surface area contributed by atoms with E-state index < -0.39 is 0 Å². The van der Waals surface area contributed by atoms with Crippen molar-refractivity contribution in [3.8, 4) is 0 Å². The van der Waals surface area contributed by atoms with Crippen molar-refractivity contribution in [3.63, 3.8) is 0 Å². The zero-order valence-corrected chi connectivity index (χ0v) is 14.3. The second-order valence-electron chi connectivity index (χ2n) is 7.26. The van der Waals surface area contributed by atoms with E-state index in [0.717, 1.165) is 32.3 Å². The first-order valence-electron chi connectivity index (χ1n) is 9.34. The van der Waals surface area contributed by atoms with Crippen LogP contribution < -0.4 is 0 Å². The summed E-state index contributed by atoms with van der Waals surface area (Å²) in [5.74, 6) is 0.764. The predicted octanol–water partition coefficient (Wildman–Crippen LogP) is 2.26. The van der Waals surface area contributed by atoms with Gasteiger partial charge in [0.1, 0.15) is 6.10 Å². The molecular weight excluding hydrogens is 304 g/mol. The molecule has 5 nitrogen and oxygen atoms in total. The minimum Gasteiger partial charge on any atom is -0.381 e. The standard InChI is InChI=1S/C19H28N2O3/c1-2-17-19(23-9-1)18(24-14-16-3-7-20-8-4-16)13-21(17)12-15-5-10-22-11-6-15/h3-4,7-8,15,17-19H,1-2,5-6,9-14H2/t17-,18+,19+/m1/s1. The van der Waals surface area contributed by atoms with Crippen LogP contribution in [0.25, 0.3) is 0 Å². The van der Waals surface area contributed by atoms with Crippen molar-refractivity contribution in [2.45, 2.75) is 50.5 Å². The molecule has 0 unspecified atom stereocenters. The summed E-state index contributed by atoms with van der Waals surface area (Å²) in [5.41, 5.74) is 1.18. The van der Waals surface area contributed by atoms with Crippen LogP contribution in [-0.4, -0.2) is 61.0 Å². The number of hydrogen-bond acceptors (Lipinski definition) is 5. The Kier molecular flexibility index (Phi) is 5.43. The third kappa shape index (κ3) is 3.80. The first-order chi connectivity index (χ1) is 11.9. The molecule has 0 radical (unpaired) electrons. The number of pyridine rings is 1. The Hall–Kier alpha value is -1.01. The van der Waals surface area contributed by atoms with E-state index in [1.54, 1.807) is 0 Å². The highest BCUT2D eigenvalue weighted by Crippen LogP contribution is 2.32. The molecule has 24 heavy (non-hydrogen) atoms. The van der Waals surface area contributed by atoms with Gasteiger partial charge in [-0.2, -0.15) is 0 Å². The molecule has 3 aliphatic heterocycles. The number of likely N-dealkylation sites (tertiary alicyclic amines) is 1. The van der Waals surface area contributed by atoms with E-state index in [2.05, 4.69) is 9.88 Å². The number of fused-ring (bicyclic) bond motifs is 1. The highest BCUT2D eigenvalue weighted by molar-refractivity contribution is 5.08. The first-order valence-corrected chi connectivity index (χ1v) is 9.34. The Morgan fingerprint density at radius 3 is 2.79 bits per heavy atom. The van der Waals surface area contributed by atoms with Crippen molar-refractivity contribution in [2.75, 3.05) is 32.9 Å². The normalized spacial score (nSPS) is 31.9. The molecule has 0 amide bonds. The van der Waals surface area contributed by atoms with Gasteiger partial charge in [-0.25, -0.2) is 0 Å². The average molecular weight is 332 g/mol. The SMILES string of the molecule is c1cc(CO[C@H]2CN(CC3CCOCC3)[C@@H]3CCCO[C@H]23)ccn1. The van der Waals surface area contributed by atoms with Crippen LogP contribution in [0.2, 0.25) is 0 Å². The summed E-state index contributed by atoms with van der Waals surface area (Å²) in [7, 11) is 0. The Morgan fingerprint density at radius 1 is 1.12 bits per heavy atom. The maximum atomic E-state index is 6.26. The second kappa shape index (κ2) is 7.91. The van der Waals surface area contributed by atoms with Crippen LogP contribution in [0.3, 0.4) is 0 Å². The zero-order valence-electron chi connectivity index (χ0n) is 14.3. The van der Waals surface area contributed by atoms with E-state index >= 15 is 0 Å². The number of hydrogen-bond donors (Lipinski definition) is 0. The highest BCUT2D eigenvalue weighted by atomic mass is 16.5. The van der Waals surface area contributed by atoms with Gasteiger partial charge in [-0.1, -0.05) is 0 Å². The van der Waals surface area contributed by atoms with Gasteiger partial charge in [-0.05, 0) is 49.3 Å². The summed E-state index contributed by atoms with van der Waals surface area (Å²) >= 11 is 0. The number of aromatic nitrogens is 1. The number of rotatable bonds is 5. The molecule has 3 atom stereocenters. The van der Waals surface area contributed by atoms with Gasteiger partial charge in [0.25, 0.3) is 0 Å². The monoisotopic (exact) mass is 332 g/mol. The maximum Gasteiger partial charge on any atom is 0.100 e. The molecule has 1 aromatic heterocycles. The van der Waals surface area contributed by atoms with E-state index in [1.165, 1.54) is 37.8 Å².